The highest BCUT2D eigenvalue weighted by molar-refractivity contribution is 5.08. The lowest BCUT2D eigenvalue weighted by Crippen LogP contribution is -2.58. The summed E-state index contributed by atoms with van der Waals surface area (Å²) in [5.41, 5.74) is 0.104. The van der Waals surface area contributed by atoms with E-state index in [1.807, 2.05) is 0 Å². The molecule has 0 amide bonds. The van der Waals surface area contributed by atoms with Crippen molar-refractivity contribution in [3.63, 3.8) is 0 Å². The zero-order valence-electron chi connectivity index (χ0n) is 9.14. The van der Waals surface area contributed by atoms with Crippen LogP contribution in [0.25, 0.3) is 0 Å². The number of hydrogen-bond acceptors (Lipinski definition) is 1. The molecule has 1 nitrogen and oxygen atoms in total. The van der Waals surface area contributed by atoms with Crippen LogP contribution in [-0.4, -0.2) is 19.6 Å². The van der Waals surface area contributed by atoms with Gasteiger partial charge in [-0.25, -0.2) is 8.78 Å². The zero-order valence-corrected chi connectivity index (χ0v) is 9.14. The third kappa shape index (κ3) is 1.28. The molecule has 0 N–H and O–H groups in total. The molecule has 4 bridgehead atoms. The molecule has 2 atom stereocenters. The summed E-state index contributed by atoms with van der Waals surface area (Å²) in [4.78, 5) is 0. The Morgan fingerprint density at radius 1 is 1.13 bits per heavy atom. The molecule has 0 aliphatic heterocycles. The maximum atomic E-state index is 13.9. The van der Waals surface area contributed by atoms with Gasteiger partial charge in [0.2, 0.25) is 0 Å². The van der Waals surface area contributed by atoms with Crippen molar-refractivity contribution in [2.75, 3.05) is 13.7 Å². The minimum Gasteiger partial charge on any atom is -0.384 e. The van der Waals surface area contributed by atoms with Gasteiger partial charge in [-0.1, -0.05) is 0 Å². The lowest BCUT2D eigenvalue weighted by molar-refractivity contribution is -0.233. The average Bonchev–Trinajstić information content (AvgIpc) is 2.13. The number of hydrogen-bond donors (Lipinski definition) is 0. The summed E-state index contributed by atoms with van der Waals surface area (Å²) in [6.07, 6.45) is 4.04. The Labute approximate surface area is 89.2 Å². The standard InChI is InChI=1S/C12H18F2O/c1-15-7-11-4-8-2-9(5-11)12(13,14)10(3-8)6-11/h8-10H,2-7H2,1H3. The van der Waals surface area contributed by atoms with Gasteiger partial charge < -0.3 is 4.74 Å². The van der Waals surface area contributed by atoms with Crippen LogP contribution >= 0.6 is 0 Å². The Morgan fingerprint density at radius 3 is 2.27 bits per heavy atom. The first kappa shape index (κ1) is 10.0. The predicted molar refractivity (Wildman–Crippen MR) is 52.8 cm³/mol. The van der Waals surface area contributed by atoms with Gasteiger partial charge in [-0.3, -0.25) is 0 Å². The molecular formula is C12H18F2O. The second-order valence-corrected chi connectivity index (χ2v) is 5.95. The first-order valence-corrected chi connectivity index (χ1v) is 5.92. The topological polar surface area (TPSA) is 9.23 Å². The fourth-order valence-corrected chi connectivity index (χ4v) is 4.54. The summed E-state index contributed by atoms with van der Waals surface area (Å²) in [6, 6.07) is 0. The lowest BCUT2D eigenvalue weighted by Gasteiger charge is -2.59. The van der Waals surface area contributed by atoms with Gasteiger partial charge in [-0.2, -0.15) is 0 Å². The first-order chi connectivity index (χ1) is 7.06. The Kier molecular flexibility index (Phi) is 1.96. The number of ether oxygens (including phenoxy) is 1. The molecule has 2 unspecified atom stereocenters. The van der Waals surface area contributed by atoms with E-state index in [2.05, 4.69) is 0 Å². The highest BCUT2D eigenvalue weighted by Gasteiger charge is 2.63. The van der Waals surface area contributed by atoms with Gasteiger partial charge in [0.05, 0.1) is 6.61 Å². The second kappa shape index (κ2) is 2.93. The van der Waals surface area contributed by atoms with Crippen LogP contribution in [0.3, 0.4) is 0 Å². The van der Waals surface area contributed by atoms with Gasteiger partial charge in [0.15, 0.2) is 0 Å². The summed E-state index contributed by atoms with van der Waals surface area (Å²) < 4.78 is 33.0. The Balaban J connectivity index is 1.89. The number of halogens is 2. The van der Waals surface area contributed by atoms with E-state index in [0.29, 0.717) is 25.4 Å². The maximum Gasteiger partial charge on any atom is 0.253 e. The molecule has 0 radical (unpaired) electrons. The van der Waals surface area contributed by atoms with Crippen molar-refractivity contribution < 1.29 is 13.5 Å². The van der Waals surface area contributed by atoms with Crippen molar-refractivity contribution in [3.05, 3.63) is 0 Å². The molecule has 0 heterocycles. The van der Waals surface area contributed by atoms with E-state index in [1.165, 1.54) is 0 Å². The number of alkyl halides is 2. The second-order valence-electron chi connectivity index (χ2n) is 5.95. The van der Waals surface area contributed by atoms with Gasteiger partial charge in [0.1, 0.15) is 0 Å². The lowest BCUT2D eigenvalue weighted by atomic mass is 9.48. The molecule has 4 saturated carbocycles. The fraction of sp³-hybridized carbons (Fsp3) is 1.00. The van der Waals surface area contributed by atoms with Crippen LogP contribution < -0.4 is 0 Å². The summed E-state index contributed by atoms with van der Waals surface area (Å²) >= 11 is 0. The zero-order chi connectivity index (χ0) is 10.7. The first-order valence-electron chi connectivity index (χ1n) is 5.92. The summed E-state index contributed by atoms with van der Waals surface area (Å²) in [5.74, 6) is -2.52. The van der Waals surface area contributed by atoms with E-state index >= 15 is 0 Å². The third-order valence-corrected chi connectivity index (χ3v) is 4.86. The van der Waals surface area contributed by atoms with Crippen molar-refractivity contribution in [3.8, 4) is 0 Å². The highest BCUT2D eigenvalue weighted by atomic mass is 19.3. The average molecular weight is 216 g/mol. The molecule has 15 heavy (non-hydrogen) atoms. The van der Waals surface area contributed by atoms with Gasteiger partial charge in [0, 0.05) is 18.9 Å². The minimum atomic E-state index is -2.38. The van der Waals surface area contributed by atoms with E-state index in [9.17, 15) is 8.78 Å². The van der Waals surface area contributed by atoms with Crippen LogP contribution in [0.5, 0.6) is 0 Å². The molecule has 4 rings (SSSR count). The monoisotopic (exact) mass is 216 g/mol. The van der Waals surface area contributed by atoms with Crippen molar-refractivity contribution in [1.82, 2.24) is 0 Å². The van der Waals surface area contributed by atoms with Crippen molar-refractivity contribution >= 4 is 0 Å². The van der Waals surface area contributed by atoms with Crippen molar-refractivity contribution in [2.24, 2.45) is 23.2 Å². The number of methoxy groups -OCH3 is 1. The quantitative estimate of drug-likeness (QED) is 0.689. The van der Waals surface area contributed by atoms with Gasteiger partial charge in [0.25, 0.3) is 5.92 Å². The van der Waals surface area contributed by atoms with E-state index in [-0.39, 0.29) is 17.3 Å². The van der Waals surface area contributed by atoms with Crippen LogP contribution in [0.4, 0.5) is 8.78 Å². The van der Waals surface area contributed by atoms with Crippen molar-refractivity contribution in [1.29, 1.82) is 0 Å². The SMILES string of the molecule is COCC12CC3CC(C1)C(F)(F)C(C3)C2. The molecule has 4 aliphatic carbocycles. The third-order valence-electron chi connectivity index (χ3n) is 4.86. The maximum absolute atomic E-state index is 13.9. The fourth-order valence-electron chi connectivity index (χ4n) is 4.54. The van der Waals surface area contributed by atoms with E-state index < -0.39 is 5.92 Å². The largest absolute Gasteiger partial charge is 0.384 e. The van der Waals surface area contributed by atoms with Crippen molar-refractivity contribution in [2.45, 2.75) is 38.0 Å². The molecular weight excluding hydrogens is 198 g/mol. The summed E-state index contributed by atoms with van der Waals surface area (Å²) in [5, 5.41) is 0. The molecule has 4 fully saturated rings. The molecule has 4 aliphatic rings. The summed E-state index contributed by atoms with van der Waals surface area (Å²) in [6.45, 7) is 0.687. The number of rotatable bonds is 2. The molecule has 0 aromatic heterocycles. The molecule has 0 aromatic rings. The van der Waals surface area contributed by atoms with Crippen LogP contribution in [-0.2, 0) is 4.74 Å². The molecule has 0 aromatic carbocycles. The van der Waals surface area contributed by atoms with Crippen LogP contribution in [0.1, 0.15) is 32.1 Å². The minimum absolute atomic E-state index is 0.104. The van der Waals surface area contributed by atoms with Gasteiger partial charge in [-0.05, 0) is 43.4 Å². The van der Waals surface area contributed by atoms with E-state index in [1.54, 1.807) is 7.11 Å². The van der Waals surface area contributed by atoms with Crippen LogP contribution in [0, 0.1) is 23.2 Å². The Hall–Kier alpha value is -0.180. The van der Waals surface area contributed by atoms with E-state index in [0.717, 1.165) is 19.3 Å². The van der Waals surface area contributed by atoms with Crippen LogP contribution in [0.15, 0.2) is 0 Å². The molecule has 3 heteroatoms. The summed E-state index contributed by atoms with van der Waals surface area (Å²) in [7, 11) is 1.69. The normalized spacial score (nSPS) is 51.0. The molecule has 0 spiro atoms. The Bertz CT molecular complexity index is 259. The smallest absolute Gasteiger partial charge is 0.253 e. The predicted octanol–water partition coefficient (Wildman–Crippen LogP) is 3.09. The highest BCUT2D eigenvalue weighted by Crippen LogP contribution is 2.65. The van der Waals surface area contributed by atoms with Gasteiger partial charge in [-0.15, -0.1) is 0 Å². The van der Waals surface area contributed by atoms with E-state index in [4.69, 9.17) is 4.74 Å². The molecule has 0 saturated heterocycles. The Morgan fingerprint density at radius 2 is 1.73 bits per heavy atom. The van der Waals surface area contributed by atoms with Gasteiger partial charge >= 0.3 is 0 Å². The molecule has 86 valence electrons. The van der Waals surface area contributed by atoms with Crippen LogP contribution in [0.2, 0.25) is 0 Å².